The van der Waals surface area contributed by atoms with Gasteiger partial charge in [0.05, 0.1) is 0 Å². The van der Waals surface area contributed by atoms with Crippen molar-refractivity contribution in [3.05, 3.63) is 0 Å². The number of rotatable bonds is 2. The van der Waals surface area contributed by atoms with Crippen LogP contribution in [0.2, 0.25) is 32.7 Å². The molecule has 0 aliphatic carbocycles. The average molecular weight is 216 g/mol. The van der Waals surface area contributed by atoms with E-state index in [0.29, 0.717) is 0 Å². The molecule has 0 saturated carbocycles. The molecule has 0 rings (SSSR count). The predicted molar refractivity (Wildman–Crippen MR) is 48.0 cm³/mol. The van der Waals surface area contributed by atoms with Crippen LogP contribution in [0.5, 0.6) is 0 Å². The van der Waals surface area contributed by atoms with Gasteiger partial charge in [-0.05, 0) is 32.7 Å². The molecule has 1 nitrogen and oxygen atoms in total. The van der Waals surface area contributed by atoms with E-state index < -0.39 is 22.4 Å². The van der Waals surface area contributed by atoms with Crippen LogP contribution in [0.25, 0.3) is 0 Å². The van der Waals surface area contributed by atoms with Crippen molar-refractivity contribution in [2.75, 3.05) is 0 Å². The molecule has 0 aromatic carbocycles. The Morgan fingerprint density at radius 2 is 1.25 bits per heavy atom. The Labute approximate surface area is 73.2 Å². The molecule has 0 radical (unpaired) electrons. The van der Waals surface area contributed by atoms with E-state index in [1.807, 2.05) is 0 Å². The highest BCUT2D eigenvalue weighted by atomic mass is 28.4. The molecular weight excluding hydrogens is 201 g/mol. The second-order valence-electron chi connectivity index (χ2n) is 4.22. The molecule has 0 aromatic rings. The zero-order valence-electron chi connectivity index (χ0n) is 8.04. The number of alkyl halides is 3. The van der Waals surface area contributed by atoms with E-state index in [0.717, 1.165) is 0 Å². The van der Waals surface area contributed by atoms with Crippen LogP contribution in [0.4, 0.5) is 13.2 Å². The van der Waals surface area contributed by atoms with Crippen molar-refractivity contribution in [2.45, 2.75) is 38.5 Å². The molecule has 0 aliphatic heterocycles. The summed E-state index contributed by atoms with van der Waals surface area (Å²) in [4.78, 5) is 0. The minimum Gasteiger partial charge on any atom is -0.450 e. The Morgan fingerprint density at radius 3 is 1.33 bits per heavy atom. The first-order chi connectivity index (χ1) is 4.96. The van der Waals surface area contributed by atoms with Gasteiger partial charge in [0.15, 0.2) is 8.32 Å². The third kappa shape index (κ3) is 3.73. The van der Waals surface area contributed by atoms with Crippen molar-refractivity contribution in [3.63, 3.8) is 0 Å². The lowest BCUT2D eigenvalue weighted by atomic mass is 11.5. The van der Waals surface area contributed by atoms with Crippen molar-refractivity contribution in [3.8, 4) is 0 Å². The second-order valence-corrected chi connectivity index (χ2v) is 12.9. The monoisotopic (exact) mass is 216 g/mol. The summed E-state index contributed by atoms with van der Waals surface area (Å²) in [6.45, 7) is 7.71. The maximum atomic E-state index is 12.3. The number of hydrogen-bond acceptors (Lipinski definition) is 1. The number of halogens is 3. The van der Waals surface area contributed by atoms with Crippen LogP contribution in [0.1, 0.15) is 0 Å². The van der Waals surface area contributed by atoms with Gasteiger partial charge in [-0.25, -0.2) is 0 Å². The molecule has 0 amide bonds. The van der Waals surface area contributed by atoms with Crippen LogP contribution >= 0.6 is 0 Å². The topological polar surface area (TPSA) is 9.23 Å². The van der Waals surface area contributed by atoms with Gasteiger partial charge in [-0.3, -0.25) is 0 Å². The van der Waals surface area contributed by atoms with E-state index in [1.165, 1.54) is 13.1 Å². The molecule has 0 atom stereocenters. The van der Waals surface area contributed by atoms with Crippen LogP contribution in [0.3, 0.4) is 0 Å². The van der Waals surface area contributed by atoms with Crippen molar-refractivity contribution in [1.82, 2.24) is 0 Å². The first-order valence-corrected chi connectivity index (χ1v) is 10.0. The maximum absolute atomic E-state index is 12.3. The van der Waals surface area contributed by atoms with Gasteiger partial charge in [0.1, 0.15) is 0 Å². The highest BCUT2D eigenvalue weighted by Crippen LogP contribution is 2.31. The zero-order chi connectivity index (χ0) is 10.2. The fourth-order valence-electron chi connectivity index (χ4n) is 0.823. The lowest BCUT2D eigenvalue weighted by molar-refractivity contribution is -0.0666. The largest absolute Gasteiger partial charge is 0.450 e. The fourth-order valence-corrected chi connectivity index (χ4v) is 7.41. The molecule has 0 aliphatic rings. The third-order valence-electron chi connectivity index (χ3n) is 1.24. The minimum atomic E-state index is -4.15. The van der Waals surface area contributed by atoms with Gasteiger partial charge in [0, 0.05) is 0 Å². The normalized spacial score (nSPS) is 15.0. The molecule has 12 heavy (non-hydrogen) atoms. The van der Waals surface area contributed by atoms with Gasteiger partial charge >= 0.3 is 5.80 Å². The lowest BCUT2D eigenvalue weighted by Crippen LogP contribution is -2.53. The summed E-state index contributed by atoms with van der Waals surface area (Å²) in [6.07, 6.45) is 0. The van der Waals surface area contributed by atoms with Crippen LogP contribution < -0.4 is 0 Å². The van der Waals surface area contributed by atoms with Gasteiger partial charge in [-0.2, -0.15) is 13.2 Å². The van der Waals surface area contributed by atoms with Crippen LogP contribution in [0.15, 0.2) is 0 Å². The standard InChI is InChI=1S/C6H15F3OSi2/c1-11(2,3)10-12(4,5)6(7,8)9/h1-5H3. The summed E-state index contributed by atoms with van der Waals surface area (Å²) in [5, 5.41) is 0. The summed E-state index contributed by atoms with van der Waals surface area (Å²) in [6, 6.07) is 0. The van der Waals surface area contributed by atoms with Crippen LogP contribution in [-0.4, -0.2) is 22.4 Å². The maximum Gasteiger partial charge on any atom is 0.387 e. The molecule has 0 aromatic heterocycles. The third-order valence-corrected chi connectivity index (χ3v) is 7.10. The van der Waals surface area contributed by atoms with E-state index in [1.54, 1.807) is 19.6 Å². The molecule has 0 bridgehead atoms. The quantitative estimate of drug-likeness (QED) is 0.644. The molecule has 0 N–H and O–H groups in total. The summed E-state index contributed by atoms with van der Waals surface area (Å²) in [5.74, 6) is -4.15. The minimum absolute atomic E-state index is 1.20. The molecule has 6 heteroatoms. The average Bonchev–Trinajstić information content (AvgIpc) is 1.52. The summed E-state index contributed by atoms with van der Waals surface area (Å²) in [7, 11) is -5.54. The van der Waals surface area contributed by atoms with Gasteiger partial charge < -0.3 is 4.12 Å². The summed E-state index contributed by atoms with van der Waals surface area (Å²) >= 11 is 0. The highest BCUT2D eigenvalue weighted by Gasteiger charge is 2.53. The van der Waals surface area contributed by atoms with Gasteiger partial charge in [-0.15, -0.1) is 0 Å². The Balaban J connectivity index is 4.44. The molecule has 74 valence electrons. The van der Waals surface area contributed by atoms with Crippen molar-refractivity contribution < 1.29 is 17.3 Å². The molecule has 0 spiro atoms. The van der Waals surface area contributed by atoms with E-state index in [4.69, 9.17) is 4.12 Å². The van der Waals surface area contributed by atoms with E-state index in [9.17, 15) is 13.2 Å². The first kappa shape index (κ1) is 12.2. The first-order valence-electron chi connectivity index (χ1n) is 3.73. The van der Waals surface area contributed by atoms with Crippen LogP contribution in [0, 0.1) is 0 Å². The predicted octanol–water partition coefficient (Wildman–Crippen LogP) is 3.14. The van der Waals surface area contributed by atoms with Gasteiger partial charge in [-0.1, -0.05) is 0 Å². The van der Waals surface area contributed by atoms with Gasteiger partial charge in [0.25, 0.3) is 8.32 Å². The molecule has 0 saturated heterocycles. The Bertz CT molecular complexity index is 159. The zero-order valence-corrected chi connectivity index (χ0v) is 10.0. The van der Waals surface area contributed by atoms with E-state index in [-0.39, 0.29) is 0 Å². The Morgan fingerprint density at radius 1 is 0.917 bits per heavy atom. The Hall–Kier alpha value is 0.184. The molecule has 0 heterocycles. The van der Waals surface area contributed by atoms with Crippen molar-refractivity contribution >= 4 is 16.6 Å². The fraction of sp³-hybridized carbons (Fsp3) is 1.00. The van der Waals surface area contributed by atoms with Crippen molar-refractivity contribution in [1.29, 1.82) is 0 Å². The molecule has 0 unspecified atom stereocenters. The van der Waals surface area contributed by atoms with Gasteiger partial charge in [0.2, 0.25) is 0 Å². The second kappa shape index (κ2) is 3.15. The van der Waals surface area contributed by atoms with E-state index >= 15 is 0 Å². The lowest BCUT2D eigenvalue weighted by Gasteiger charge is -2.32. The summed E-state index contributed by atoms with van der Waals surface area (Å²) < 4.78 is 42.1. The highest BCUT2D eigenvalue weighted by molar-refractivity contribution is 6.85. The Kier molecular flexibility index (Phi) is 3.20. The van der Waals surface area contributed by atoms with Crippen LogP contribution in [-0.2, 0) is 4.12 Å². The smallest absolute Gasteiger partial charge is 0.387 e. The van der Waals surface area contributed by atoms with Crippen molar-refractivity contribution in [2.24, 2.45) is 0 Å². The molecule has 0 fully saturated rings. The SMILES string of the molecule is C[Si](C)(C)O[Si](C)(C)C(F)(F)F. The van der Waals surface area contributed by atoms with E-state index in [2.05, 4.69) is 0 Å². The summed E-state index contributed by atoms with van der Waals surface area (Å²) in [5.41, 5.74) is 0. The molecular formula is C6H15F3OSi2. The number of hydrogen-bond donors (Lipinski definition) is 0.